The van der Waals surface area contributed by atoms with Crippen LogP contribution in [0, 0.1) is 6.92 Å². The molecule has 142 valence electrons. The van der Waals surface area contributed by atoms with Crippen molar-refractivity contribution in [2.45, 2.75) is 52.0 Å². The van der Waals surface area contributed by atoms with Gasteiger partial charge < -0.3 is 16.0 Å². The van der Waals surface area contributed by atoms with Crippen LogP contribution < -0.4 is 16.0 Å². The molecule has 0 radical (unpaired) electrons. The molecule has 1 saturated heterocycles. The van der Waals surface area contributed by atoms with Crippen molar-refractivity contribution in [1.29, 1.82) is 0 Å². The van der Waals surface area contributed by atoms with Crippen molar-refractivity contribution in [2.75, 3.05) is 23.3 Å². The van der Waals surface area contributed by atoms with E-state index in [1.54, 1.807) is 0 Å². The van der Waals surface area contributed by atoms with Crippen molar-refractivity contribution < 1.29 is 0 Å². The molecule has 0 saturated carbocycles. The van der Waals surface area contributed by atoms with E-state index in [0.717, 1.165) is 48.7 Å². The van der Waals surface area contributed by atoms with E-state index in [1.807, 2.05) is 6.92 Å². The second kappa shape index (κ2) is 7.99. The Bertz CT molecular complexity index is 837. The lowest BCUT2D eigenvalue weighted by Crippen LogP contribution is -2.24. The standard InChI is InChI=1S/C22H29N5/c1-16-11-12-18(21(25-16)27-13-4-5-14-27)15-24-22(23)26-20-10-6-8-17-7-2-3-9-19(17)20/h6,8,10-12H,2-5,7,9,13-15H2,1H3,(H3,23,24,26). The quantitative estimate of drug-likeness (QED) is 0.640. The molecule has 1 aromatic heterocycles. The van der Waals surface area contributed by atoms with E-state index in [-0.39, 0.29) is 0 Å². The van der Waals surface area contributed by atoms with Crippen LogP contribution in [0.3, 0.4) is 0 Å². The first-order valence-electron chi connectivity index (χ1n) is 10.1. The number of aromatic nitrogens is 1. The Morgan fingerprint density at radius 1 is 1.11 bits per heavy atom. The van der Waals surface area contributed by atoms with Gasteiger partial charge in [0.15, 0.2) is 5.96 Å². The number of anilines is 2. The number of guanidine groups is 1. The van der Waals surface area contributed by atoms with Crippen LogP contribution in [0.25, 0.3) is 0 Å². The van der Waals surface area contributed by atoms with Crippen LogP contribution in [0.5, 0.6) is 0 Å². The summed E-state index contributed by atoms with van der Waals surface area (Å²) in [6.07, 6.45) is 7.28. The largest absolute Gasteiger partial charge is 0.370 e. The molecule has 2 heterocycles. The van der Waals surface area contributed by atoms with E-state index < -0.39 is 0 Å². The fourth-order valence-electron chi connectivity index (χ4n) is 4.14. The maximum Gasteiger partial charge on any atom is 0.193 e. The normalized spacial score (nSPS) is 17.1. The molecule has 0 amide bonds. The van der Waals surface area contributed by atoms with Crippen LogP contribution in [0.15, 0.2) is 35.3 Å². The van der Waals surface area contributed by atoms with Gasteiger partial charge in [-0.2, -0.15) is 0 Å². The summed E-state index contributed by atoms with van der Waals surface area (Å²) in [5.41, 5.74) is 12.4. The minimum atomic E-state index is 0.474. The van der Waals surface area contributed by atoms with Crippen molar-refractivity contribution in [3.63, 3.8) is 0 Å². The van der Waals surface area contributed by atoms with E-state index in [0.29, 0.717) is 12.5 Å². The zero-order valence-electron chi connectivity index (χ0n) is 16.2. The van der Waals surface area contributed by atoms with Crippen LogP contribution in [0.4, 0.5) is 11.5 Å². The number of aryl methyl sites for hydroxylation is 2. The summed E-state index contributed by atoms with van der Waals surface area (Å²) in [5.74, 6) is 1.54. The number of rotatable bonds is 4. The molecular weight excluding hydrogens is 334 g/mol. The lowest BCUT2D eigenvalue weighted by Gasteiger charge is -2.21. The number of aliphatic imine (C=N–C) groups is 1. The summed E-state index contributed by atoms with van der Waals surface area (Å²) in [6, 6.07) is 10.6. The van der Waals surface area contributed by atoms with Gasteiger partial charge in [0.25, 0.3) is 0 Å². The molecule has 5 nitrogen and oxygen atoms in total. The first kappa shape index (κ1) is 17.8. The molecule has 0 unspecified atom stereocenters. The molecule has 0 atom stereocenters. The van der Waals surface area contributed by atoms with Crippen molar-refractivity contribution in [3.05, 3.63) is 52.7 Å². The fraction of sp³-hybridized carbons (Fsp3) is 0.455. The Morgan fingerprint density at radius 3 is 2.78 bits per heavy atom. The Balaban J connectivity index is 1.50. The van der Waals surface area contributed by atoms with Crippen molar-refractivity contribution >= 4 is 17.5 Å². The van der Waals surface area contributed by atoms with E-state index in [9.17, 15) is 0 Å². The number of benzene rings is 1. The average molecular weight is 364 g/mol. The van der Waals surface area contributed by atoms with Crippen molar-refractivity contribution in [1.82, 2.24) is 4.98 Å². The van der Waals surface area contributed by atoms with Crippen LogP contribution >= 0.6 is 0 Å². The summed E-state index contributed by atoms with van der Waals surface area (Å²) in [7, 11) is 0. The van der Waals surface area contributed by atoms with Gasteiger partial charge in [-0.3, -0.25) is 0 Å². The molecule has 27 heavy (non-hydrogen) atoms. The van der Waals surface area contributed by atoms with Gasteiger partial charge in [-0.25, -0.2) is 9.98 Å². The summed E-state index contributed by atoms with van der Waals surface area (Å²) in [5, 5.41) is 3.33. The van der Waals surface area contributed by atoms with Crippen molar-refractivity contribution in [3.8, 4) is 0 Å². The third-order valence-electron chi connectivity index (χ3n) is 5.58. The Kier molecular flexibility index (Phi) is 5.28. The van der Waals surface area contributed by atoms with Gasteiger partial charge in [0.2, 0.25) is 0 Å². The van der Waals surface area contributed by atoms with Gasteiger partial charge >= 0.3 is 0 Å². The number of pyridine rings is 1. The summed E-state index contributed by atoms with van der Waals surface area (Å²) in [4.78, 5) is 11.8. The van der Waals surface area contributed by atoms with E-state index in [1.165, 1.54) is 36.8 Å². The minimum absolute atomic E-state index is 0.474. The highest BCUT2D eigenvalue weighted by molar-refractivity contribution is 5.93. The predicted molar refractivity (Wildman–Crippen MR) is 112 cm³/mol. The fourth-order valence-corrected chi connectivity index (χ4v) is 4.14. The lowest BCUT2D eigenvalue weighted by molar-refractivity contribution is 0.687. The van der Waals surface area contributed by atoms with Gasteiger partial charge in [-0.05, 0) is 68.7 Å². The molecule has 0 spiro atoms. The first-order valence-corrected chi connectivity index (χ1v) is 10.1. The number of nitrogens with two attached hydrogens (primary N) is 1. The molecule has 1 fully saturated rings. The highest BCUT2D eigenvalue weighted by Crippen LogP contribution is 2.28. The lowest BCUT2D eigenvalue weighted by atomic mass is 9.90. The van der Waals surface area contributed by atoms with Crippen molar-refractivity contribution in [2.24, 2.45) is 10.7 Å². The smallest absolute Gasteiger partial charge is 0.193 e. The summed E-state index contributed by atoms with van der Waals surface area (Å²) >= 11 is 0. The second-order valence-electron chi connectivity index (χ2n) is 7.61. The molecule has 2 aliphatic rings. The van der Waals surface area contributed by atoms with Crippen LogP contribution in [-0.2, 0) is 19.4 Å². The third-order valence-corrected chi connectivity index (χ3v) is 5.58. The number of hydrogen-bond donors (Lipinski definition) is 2. The zero-order chi connectivity index (χ0) is 18.6. The van der Waals surface area contributed by atoms with E-state index in [4.69, 9.17) is 10.7 Å². The van der Waals surface area contributed by atoms with Gasteiger partial charge in [-0.1, -0.05) is 18.2 Å². The van der Waals surface area contributed by atoms with E-state index in [2.05, 4.69) is 45.5 Å². The molecule has 2 aromatic rings. The van der Waals surface area contributed by atoms with Gasteiger partial charge in [0, 0.05) is 30.0 Å². The van der Waals surface area contributed by atoms with Crippen LogP contribution in [0.2, 0.25) is 0 Å². The molecule has 3 N–H and O–H groups in total. The number of nitrogens with zero attached hydrogens (tertiary/aromatic N) is 3. The number of fused-ring (bicyclic) bond motifs is 1. The topological polar surface area (TPSA) is 66.5 Å². The van der Waals surface area contributed by atoms with Gasteiger partial charge in [0.05, 0.1) is 6.54 Å². The third kappa shape index (κ3) is 4.07. The van der Waals surface area contributed by atoms with Gasteiger partial charge in [-0.15, -0.1) is 0 Å². The minimum Gasteiger partial charge on any atom is -0.370 e. The average Bonchev–Trinajstić information content (AvgIpc) is 3.22. The molecule has 5 heteroatoms. The first-order chi connectivity index (χ1) is 13.2. The predicted octanol–water partition coefficient (Wildman–Crippen LogP) is 3.80. The monoisotopic (exact) mass is 363 g/mol. The molecule has 1 aliphatic heterocycles. The number of hydrogen-bond acceptors (Lipinski definition) is 3. The maximum absolute atomic E-state index is 6.23. The van der Waals surface area contributed by atoms with Gasteiger partial charge in [0.1, 0.15) is 5.82 Å². The number of nitrogens with one attached hydrogen (secondary N) is 1. The van der Waals surface area contributed by atoms with Crippen LogP contribution in [-0.4, -0.2) is 24.0 Å². The zero-order valence-corrected chi connectivity index (χ0v) is 16.2. The second-order valence-corrected chi connectivity index (χ2v) is 7.61. The van der Waals surface area contributed by atoms with E-state index >= 15 is 0 Å². The Hall–Kier alpha value is -2.56. The Labute approximate surface area is 161 Å². The maximum atomic E-state index is 6.23. The highest BCUT2D eigenvalue weighted by Gasteiger charge is 2.17. The summed E-state index contributed by atoms with van der Waals surface area (Å²) < 4.78 is 0. The Morgan fingerprint density at radius 2 is 1.93 bits per heavy atom. The summed E-state index contributed by atoms with van der Waals surface area (Å²) in [6.45, 7) is 4.75. The SMILES string of the molecule is Cc1ccc(CN=C(N)Nc2cccc3c2CCCC3)c(N2CCCC2)n1. The molecule has 0 bridgehead atoms. The molecule has 1 aliphatic carbocycles. The molecule has 4 rings (SSSR count). The van der Waals surface area contributed by atoms with Crippen LogP contribution in [0.1, 0.15) is 48.1 Å². The molecular formula is C22H29N5. The highest BCUT2D eigenvalue weighted by atomic mass is 15.2. The molecule has 1 aromatic carbocycles.